The highest BCUT2D eigenvalue weighted by Crippen LogP contribution is 2.43. The first-order chi connectivity index (χ1) is 26.7. The van der Waals surface area contributed by atoms with Crippen LogP contribution in [0.3, 0.4) is 0 Å². The third kappa shape index (κ3) is 8.76. The molecule has 2 amide bonds. The van der Waals surface area contributed by atoms with Crippen molar-refractivity contribution < 1.29 is 34.1 Å². The van der Waals surface area contributed by atoms with Gasteiger partial charge in [-0.1, -0.05) is 91.9 Å². The standard InChI is InChI=1S/C44H50N4O7/c1-30-38(27-47-23-21-44(22-24-47)43(53)46-29-48(44)37-9-3-2-4-10-37)54-42(55-41(30)34-15-13-31(28-49)14-16-34)35-19-17-33(18-20-35)36-8-5-7-32(25-36)26-45-39(50)11-6-12-40(51)52/h2-5,7-10,13-20,25,30,38,41-42,49H,6,11-12,21-24,26-29H2,1H3,(H,45,50)(H,46,53)(H,51,52)/t30-,38+,41+,42+/m0/s1. The molecule has 0 saturated carbocycles. The monoisotopic (exact) mass is 746 g/mol. The normalized spacial score (nSPS) is 22.4. The van der Waals surface area contributed by atoms with Gasteiger partial charge in [0.25, 0.3) is 0 Å². The first-order valence-corrected chi connectivity index (χ1v) is 19.2. The second kappa shape index (κ2) is 17.2. The number of nitrogens with one attached hydrogen (secondary N) is 2. The van der Waals surface area contributed by atoms with Crippen molar-refractivity contribution in [2.24, 2.45) is 5.92 Å². The van der Waals surface area contributed by atoms with Crippen LogP contribution in [0.1, 0.15) is 73.7 Å². The number of hydrogen-bond donors (Lipinski definition) is 4. The van der Waals surface area contributed by atoms with Gasteiger partial charge in [0.2, 0.25) is 11.8 Å². The van der Waals surface area contributed by atoms with Crippen LogP contribution in [0.5, 0.6) is 0 Å². The molecule has 11 nitrogen and oxygen atoms in total. The summed E-state index contributed by atoms with van der Waals surface area (Å²) < 4.78 is 13.5. The van der Waals surface area contributed by atoms with Crippen molar-refractivity contribution in [2.45, 2.75) is 76.2 Å². The SMILES string of the molecule is C[C@H]1[C@@H](CN2CCC3(CC2)C(=O)NCN3c2ccccc2)O[C@@H](c2ccc(-c3cccc(CNC(=O)CCCC(=O)O)c3)cc2)O[C@H]1c1ccc(CO)cc1. The number of carbonyl (C=O) groups excluding carboxylic acids is 2. The summed E-state index contributed by atoms with van der Waals surface area (Å²) in [6.45, 7) is 5.27. The molecule has 4 aromatic rings. The summed E-state index contributed by atoms with van der Waals surface area (Å²) in [5, 5.41) is 24.5. The van der Waals surface area contributed by atoms with Gasteiger partial charge in [-0.05, 0) is 65.3 Å². The predicted molar refractivity (Wildman–Crippen MR) is 209 cm³/mol. The number of anilines is 1. The molecule has 3 saturated heterocycles. The number of ether oxygens (including phenoxy) is 2. The molecule has 4 aromatic carbocycles. The number of aliphatic hydroxyl groups excluding tert-OH is 1. The molecule has 0 unspecified atom stereocenters. The van der Waals surface area contributed by atoms with Gasteiger partial charge in [0.05, 0.1) is 25.5 Å². The second-order valence-electron chi connectivity index (χ2n) is 14.9. The van der Waals surface area contributed by atoms with Gasteiger partial charge in [0.1, 0.15) is 5.54 Å². The molecule has 0 aliphatic carbocycles. The van der Waals surface area contributed by atoms with Crippen LogP contribution < -0.4 is 15.5 Å². The van der Waals surface area contributed by atoms with Crippen LogP contribution in [-0.4, -0.2) is 70.8 Å². The number of carboxylic acids is 1. The van der Waals surface area contributed by atoms with E-state index in [1.165, 1.54) is 0 Å². The Morgan fingerprint density at radius 1 is 0.855 bits per heavy atom. The van der Waals surface area contributed by atoms with Crippen LogP contribution in [0.4, 0.5) is 5.69 Å². The molecule has 1 spiro atoms. The zero-order valence-corrected chi connectivity index (χ0v) is 31.2. The van der Waals surface area contributed by atoms with E-state index < -0.39 is 17.8 Å². The number of rotatable bonds is 13. The fourth-order valence-corrected chi connectivity index (χ4v) is 8.10. The Hall–Kier alpha value is -5.07. The van der Waals surface area contributed by atoms with E-state index in [0.29, 0.717) is 26.2 Å². The summed E-state index contributed by atoms with van der Waals surface area (Å²) in [5.41, 5.74) is 6.25. The third-order valence-electron chi connectivity index (χ3n) is 11.4. The summed E-state index contributed by atoms with van der Waals surface area (Å²) in [6.07, 6.45) is 0.925. The van der Waals surface area contributed by atoms with Gasteiger partial charge in [-0.3, -0.25) is 14.4 Å². The number of hydrogen-bond acceptors (Lipinski definition) is 8. The van der Waals surface area contributed by atoms with E-state index in [1.54, 1.807) is 0 Å². The van der Waals surface area contributed by atoms with E-state index >= 15 is 0 Å². The van der Waals surface area contributed by atoms with Crippen molar-refractivity contribution >= 4 is 23.5 Å². The Balaban J connectivity index is 1.04. The fraction of sp³-hybridized carbons (Fsp3) is 0.386. The number of amides is 2. The van der Waals surface area contributed by atoms with Crippen molar-refractivity contribution in [3.05, 3.63) is 125 Å². The van der Waals surface area contributed by atoms with E-state index in [4.69, 9.17) is 14.6 Å². The number of para-hydroxylation sites is 1. The lowest BCUT2D eigenvalue weighted by atomic mass is 9.84. The Kier molecular flexibility index (Phi) is 11.9. The highest BCUT2D eigenvalue weighted by Gasteiger charge is 2.51. The van der Waals surface area contributed by atoms with E-state index in [1.807, 2.05) is 78.9 Å². The number of carboxylic acid groups (broad SMARTS) is 1. The lowest BCUT2D eigenvalue weighted by Crippen LogP contribution is -2.57. The van der Waals surface area contributed by atoms with Gasteiger partial charge in [-0.2, -0.15) is 0 Å². The van der Waals surface area contributed by atoms with Crippen LogP contribution in [0.25, 0.3) is 11.1 Å². The Labute approximate surface area is 322 Å². The Morgan fingerprint density at radius 2 is 1.58 bits per heavy atom. The maximum absolute atomic E-state index is 13.3. The maximum Gasteiger partial charge on any atom is 0.303 e. The van der Waals surface area contributed by atoms with Crippen LogP contribution in [0.2, 0.25) is 0 Å². The van der Waals surface area contributed by atoms with E-state index in [2.05, 4.69) is 51.6 Å². The smallest absolute Gasteiger partial charge is 0.303 e. The van der Waals surface area contributed by atoms with Crippen molar-refractivity contribution in [1.82, 2.24) is 15.5 Å². The molecule has 3 aliphatic rings. The van der Waals surface area contributed by atoms with Gasteiger partial charge in [-0.15, -0.1) is 0 Å². The van der Waals surface area contributed by atoms with Crippen LogP contribution in [0, 0.1) is 5.92 Å². The number of benzene rings is 4. The molecule has 0 bridgehead atoms. The van der Waals surface area contributed by atoms with Crippen molar-refractivity contribution in [3.63, 3.8) is 0 Å². The zero-order chi connectivity index (χ0) is 38.4. The molecular formula is C44H50N4O7. The molecule has 3 heterocycles. The molecular weight excluding hydrogens is 697 g/mol. The van der Waals surface area contributed by atoms with Crippen LogP contribution >= 0.6 is 0 Å². The molecule has 4 atom stereocenters. The van der Waals surface area contributed by atoms with Crippen molar-refractivity contribution in [3.8, 4) is 11.1 Å². The lowest BCUT2D eigenvalue weighted by molar-refractivity contribution is -0.276. The van der Waals surface area contributed by atoms with Crippen LogP contribution in [-0.2, 0) is 37.0 Å². The molecule has 288 valence electrons. The van der Waals surface area contributed by atoms with Gasteiger partial charge in [-0.25, -0.2) is 0 Å². The molecule has 11 heteroatoms. The van der Waals surface area contributed by atoms with E-state index in [0.717, 1.165) is 65.0 Å². The minimum absolute atomic E-state index is 0.0234. The quantitative estimate of drug-likeness (QED) is 0.131. The number of carbonyl (C=O) groups is 3. The number of piperidine rings is 1. The summed E-state index contributed by atoms with van der Waals surface area (Å²) in [7, 11) is 0. The summed E-state index contributed by atoms with van der Waals surface area (Å²) in [4.78, 5) is 40.9. The third-order valence-corrected chi connectivity index (χ3v) is 11.4. The Morgan fingerprint density at radius 3 is 2.29 bits per heavy atom. The van der Waals surface area contributed by atoms with Crippen molar-refractivity contribution in [1.29, 1.82) is 0 Å². The molecule has 3 aliphatic heterocycles. The molecule has 3 fully saturated rings. The van der Waals surface area contributed by atoms with Gasteiger partial charge < -0.3 is 40.1 Å². The first-order valence-electron chi connectivity index (χ1n) is 19.2. The van der Waals surface area contributed by atoms with Gasteiger partial charge in [0, 0.05) is 56.2 Å². The average molecular weight is 747 g/mol. The average Bonchev–Trinajstić information content (AvgIpc) is 3.53. The highest BCUT2D eigenvalue weighted by molar-refractivity contribution is 5.93. The zero-order valence-electron chi connectivity index (χ0n) is 31.2. The molecule has 4 N–H and O–H groups in total. The molecule has 7 rings (SSSR count). The van der Waals surface area contributed by atoms with Gasteiger partial charge >= 0.3 is 5.97 Å². The highest BCUT2D eigenvalue weighted by atomic mass is 16.7. The summed E-state index contributed by atoms with van der Waals surface area (Å²) in [6, 6.07) is 34.3. The number of aliphatic hydroxyl groups is 1. The van der Waals surface area contributed by atoms with E-state index in [9.17, 15) is 19.5 Å². The molecule has 0 radical (unpaired) electrons. The Bertz CT molecular complexity index is 1930. The maximum atomic E-state index is 13.3. The lowest BCUT2D eigenvalue weighted by Gasteiger charge is -2.46. The van der Waals surface area contributed by atoms with E-state index in [-0.39, 0.29) is 49.4 Å². The van der Waals surface area contributed by atoms with Gasteiger partial charge in [0.15, 0.2) is 6.29 Å². The first kappa shape index (κ1) is 38.2. The number of nitrogens with zero attached hydrogens (tertiary/aromatic N) is 2. The minimum atomic E-state index is -0.903. The fourth-order valence-electron chi connectivity index (χ4n) is 8.10. The summed E-state index contributed by atoms with van der Waals surface area (Å²) >= 11 is 0. The second-order valence-corrected chi connectivity index (χ2v) is 14.9. The molecule has 55 heavy (non-hydrogen) atoms. The summed E-state index contributed by atoms with van der Waals surface area (Å²) in [5.74, 6) is -0.939. The predicted octanol–water partition coefficient (Wildman–Crippen LogP) is 5.94. The molecule has 0 aromatic heterocycles. The number of likely N-dealkylation sites (tertiary alicyclic amines) is 1. The largest absolute Gasteiger partial charge is 0.481 e. The van der Waals surface area contributed by atoms with Crippen molar-refractivity contribution in [2.75, 3.05) is 31.2 Å². The number of aliphatic carboxylic acids is 1. The minimum Gasteiger partial charge on any atom is -0.481 e. The topological polar surface area (TPSA) is 141 Å². The van der Waals surface area contributed by atoms with Crippen LogP contribution in [0.15, 0.2) is 103 Å².